The fourth-order valence-corrected chi connectivity index (χ4v) is 1.95. The van der Waals surface area contributed by atoms with Gasteiger partial charge in [0.15, 0.2) is 0 Å². The molecule has 0 amide bonds. The lowest BCUT2D eigenvalue weighted by atomic mass is 10.0. The molecule has 1 nitrogen and oxygen atoms in total. The Bertz CT molecular complexity index is 95.3. The van der Waals surface area contributed by atoms with E-state index in [4.69, 9.17) is 0 Å². The summed E-state index contributed by atoms with van der Waals surface area (Å²) in [6, 6.07) is 0. The van der Waals surface area contributed by atoms with Crippen LogP contribution in [0, 0.1) is 5.92 Å². The van der Waals surface area contributed by atoms with Crippen molar-refractivity contribution in [2.45, 2.75) is 19.3 Å². The molecule has 10 heavy (non-hydrogen) atoms. The molecule has 2 heteroatoms. The zero-order valence-corrected chi connectivity index (χ0v) is 8.23. The zero-order chi connectivity index (χ0) is 7.40. The second-order valence-electron chi connectivity index (χ2n) is 3.25. The van der Waals surface area contributed by atoms with Crippen molar-refractivity contribution in [3.05, 3.63) is 0 Å². The van der Waals surface area contributed by atoms with Gasteiger partial charge in [-0.1, -0.05) is 15.9 Å². The molecule has 60 valence electrons. The Labute approximate surface area is 71.9 Å². The van der Waals surface area contributed by atoms with Crippen molar-refractivity contribution >= 4 is 15.9 Å². The van der Waals surface area contributed by atoms with Crippen LogP contribution in [0.5, 0.6) is 0 Å². The minimum atomic E-state index is 0.988. The molecule has 1 rings (SSSR count). The Hall–Kier alpha value is 0.440. The Kier molecular flexibility index (Phi) is 3.71. The lowest BCUT2D eigenvalue weighted by molar-refractivity contribution is 0.387. The minimum Gasteiger partial charge on any atom is -0.306 e. The predicted octanol–water partition coefficient (Wildman–Crippen LogP) is 2.11. The average molecular weight is 206 g/mol. The molecule has 0 radical (unpaired) electrons. The molecule has 0 N–H and O–H groups in total. The normalized spacial score (nSPS) is 27.6. The van der Waals surface area contributed by atoms with Crippen LogP contribution in [0.1, 0.15) is 19.3 Å². The van der Waals surface area contributed by atoms with Crippen molar-refractivity contribution in [1.82, 2.24) is 4.90 Å². The average Bonchev–Trinajstić information content (AvgIpc) is 2.31. The van der Waals surface area contributed by atoms with Crippen molar-refractivity contribution in [2.24, 2.45) is 5.92 Å². The van der Waals surface area contributed by atoms with Gasteiger partial charge >= 0.3 is 0 Å². The monoisotopic (exact) mass is 205 g/mol. The maximum absolute atomic E-state index is 3.46. The Balaban J connectivity index is 2.06. The van der Waals surface area contributed by atoms with Crippen LogP contribution in [-0.2, 0) is 0 Å². The van der Waals surface area contributed by atoms with Crippen LogP contribution < -0.4 is 0 Å². The van der Waals surface area contributed by atoms with E-state index in [1.165, 1.54) is 37.7 Å². The van der Waals surface area contributed by atoms with Crippen LogP contribution in [-0.4, -0.2) is 30.4 Å². The van der Waals surface area contributed by atoms with E-state index in [1.54, 1.807) is 0 Å². The second-order valence-corrected chi connectivity index (χ2v) is 4.04. The molecule has 0 aromatic rings. The molecule has 1 aliphatic rings. The summed E-state index contributed by atoms with van der Waals surface area (Å²) in [6.07, 6.45) is 4.18. The highest BCUT2D eigenvalue weighted by Gasteiger charge is 2.17. The van der Waals surface area contributed by atoms with Crippen LogP contribution >= 0.6 is 15.9 Å². The number of halogens is 1. The molecule has 1 saturated heterocycles. The molecule has 1 unspecified atom stereocenters. The number of likely N-dealkylation sites (tertiary alicyclic amines) is 1. The highest BCUT2D eigenvalue weighted by Crippen LogP contribution is 2.19. The van der Waals surface area contributed by atoms with E-state index in [0.29, 0.717) is 0 Å². The first-order valence-corrected chi connectivity index (χ1v) is 5.19. The minimum absolute atomic E-state index is 0.988. The van der Waals surface area contributed by atoms with Gasteiger partial charge in [-0.05, 0) is 38.8 Å². The van der Waals surface area contributed by atoms with Crippen LogP contribution in [0.25, 0.3) is 0 Å². The van der Waals surface area contributed by atoms with E-state index < -0.39 is 0 Å². The van der Waals surface area contributed by atoms with Gasteiger partial charge in [-0.15, -0.1) is 0 Å². The van der Waals surface area contributed by atoms with Crippen molar-refractivity contribution in [1.29, 1.82) is 0 Å². The first kappa shape index (κ1) is 8.54. The maximum atomic E-state index is 3.46. The van der Waals surface area contributed by atoms with E-state index >= 15 is 0 Å². The number of hydrogen-bond donors (Lipinski definition) is 0. The quantitative estimate of drug-likeness (QED) is 0.639. The summed E-state index contributed by atoms with van der Waals surface area (Å²) in [6.45, 7) is 2.64. The van der Waals surface area contributed by atoms with Crippen LogP contribution in [0.3, 0.4) is 0 Å². The fraction of sp³-hybridized carbons (Fsp3) is 1.00. The van der Waals surface area contributed by atoms with Crippen LogP contribution in [0.4, 0.5) is 0 Å². The van der Waals surface area contributed by atoms with Gasteiger partial charge in [0, 0.05) is 11.9 Å². The number of alkyl halides is 1. The fourth-order valence-electron chi connectivity index (χ4n) is 1.63. The predicted molar refractivity (Wildman–Crippen MR) is 48.6 cm³/mol. The van der Waals surface area contributed by atoms with Gasteiger partial charge in [-0.2, -0.15) is 0 Å². The third-order valence-electron chi connectivity index (χ3n) is 2.23. The van der Waals surface area contributed by atoms with Gasteiger partial charge in [0.25, 0.3) is 0 Å². The van der Waals surface area contributed by atoms with Gasteiger partial charge in [-0.3, -0.25) is 0 Å². The molecular weight excluding hydrogens is 190 g/mol. The smallest absolute Gasteiger partial charge is 0.00314 e. The highest BCUT2D eigenvalue weighted by atomic mass is 79.9. The molecule has 0 aromatic heterocycles. The van der Waals surface area contributed by atoms with E-state index in [0.717, 1.165) is 5.92 Å². The summed E-state index contributed by atoms with van der Waals surface area (Å²) in [7, 11) is 2.22. The maximum Gasteiger partial charge on any atom is 0.00314 e. The summed E-state index contributed by atoms with van der Waals surface area (Å²) in [5, 5.41) is 1.17. The summed E-state index contributed by atoms with van der Waals surface area (Å²) < 4.78 is 0. The first-order chi connectivity index (χ1) is 4.83. The number of rotatable bonds is 3. The number of hydrogen-bond acceptors (Lipinski definition) is 1. The summed E-state index contributed by atoms with van der Waals surface area (Å²) in [5.41, 5.74) is 0. The molecule has 0 aliphatic carbocycles. The SMILES string of the molecule is CN1CCC(CCCBr)C1. The molecule has 1 atom stereocenters. The molecule has 1 heterocycles. The van der Waals surface area contributed by atoms with Crippen molar-refractivity contribution in [2.75, 3.05) is 25.5 Å². The van der Waals surface area contributed by atoms with Crippen molar-refractivity contribution in [3.63, 3.8) is 0 Å². The largest absolute Gasteiger partial charge is 0.306 e. The van der Waals surface area contributed by atoms with Crippen molar-refractivity contribution < 1.29 is 0 Å². The van der Waals surface area contributed by atoms with E-state index in [-0.39, 0.29) is 0 Å². The van der Waals surface area contributed by atoms with Gasteiger partial charge in [0.1, 0.15) is 0 Å². The van der Waals surface area contributed by atoms with Gasteiger partial charge < -0.3 is 4.90 Å². The molecule has 0 aromatic carbocycles. The van der Waals surface area contributed by atoms with Gasteiger partial charge in [-0.25, -0.2) is 0 Å². The van der Waals surface area contributed by atoms with E-state index in [2.05, 4.69) is 27.9 Å². The van der Waals surface area contributed by atoms with Gasteiger partial charge in [0.2, 0.25) is 0 Å². The Morgan fingerprint density at radius 1 is 1.60 bits per heavy atom. The van der Waals surface area contributed by atoms with Crippen LogP contribution in [0.2, 0.25) is 0 Å². The second kappa shape index (κ2) is 4.35. The third-order valence-corrected chi connectivity index (χ3v) is 2.80. The number of nitrogens with zero attached hydrogens (tertiary/aromatic N) is 1. The van der Waals surface area contributed by atoms with E-state index in [1.807, 2.05) is 0 Å². The topological polar surface area (TPSA) is 3.24 Å². The molecule has 0 saturated carbocycles. The molecule has 0 bridgehead atoms. The van der Waals surface area contributed by atoms with Gasteiger partial charge in [0.05, 0.1) is 0 Å². The summed E-state index contributed by atoms with van der Waals surface area (Å²) in [4.78, 5) is 2.43. The molecule has 1 aliphatic heterocycles. The molecule has 1 fully saturated rings. The standard InChI is InChI=1S/C8H16BrN/c1-10-6-4-8(7-10)3-2-5-9/h8H,2-7H2,1H3. The Morgan fingerprint density at radius 3 is 2.90 bits per heavy atom. The summed E-state index contributed by atoms with van der Waals surface area (Å²) >= 11 is 3.46. The molecular formula is C8H16BrN. The van der Waals surface area contributed by atoms with E-state index in [9.17, 15) is 0 Å². The highest BCUT2D eigenvalue weighted by molar-refractivity contribution is 9.09. The first-order valence-electron chi connectivity index (χ1n) is 4.07. The lowest BCUT2D eigenvalue weighted by Gasteiger charge is -2.08. The Morgan fingerprint density at radius 2 is 2.40 bits per heavy atom. The zero-order valence-electron chi connectivity index (χ0n) is 6.65. The lowest BCUT2D eigenvalue weighted by Crippen LogP contribution is -2.13. The summed E-state index contributed by atoms with van der Waals surface area (Å²) in [5.74, 6) is 0.988. The van der Waals surface area contributed by atoms with Crippen LogP contribution in [0.15, 0.2) is 0 Å². The molecule has 0 spiro atoms. The third kappa shape index (κ3) is 2.59. The van der Waals surface area contributed by atoms with Crippen molar-refractivity contribution in [3.8, 4) is 0 Å².